The van der Waals surface area contributed by atoms with Gasteiger partial charge in [-0.05, 0) is 37.8 Å². The Hall–Kier alpha value is -1.71. The topological polar surface area (TPSA) is 84.0 Å². The Morgan fingerprint density at radius 3 is 2.54 bits per heavy atom. The van der Waals surface area contributed by atoms with Gasteiger partial charge in [0.15, 0.2) is 17.5 Å². The second-order valence-corrected chi connectivity index (χ2v) is 6.63. The van der Waals surface area contributed by atoms with Crippen LogP contribution < -0.4 is 25.4 Å². The van der Waals surface area contributed by atoms with Crippen molar-refractivity contribution in [2.45, 2.75) is 39.0 Å². The van der Waals surface area contributed by atoms with Crippen LogP contribution in [0.1, 0.15) is 39.0 Å². The molecule has 1 amide bonds. The molecule has 7 nitrogen and oxygen atoms in total. The lowest BCUT2D eigenvalue weighted by Crippen LogP contribution is -2.38. The molecular formula is C20H33IN4O3. The van der Waals surface area contributed by atoms with E-state index in [1.54, 1.807) is 14.2 Å². The van der Waals surface area contributed by atoms with Gasteiger partial charge < -0.3 is 25.4 Å². The van der Waals surface area contributed by atoms with Crippen LogP contribution in [0.3, 0.4) is 0 Å². The lowest BCUT2D eigenvalue weighted by Gasteiger charge is -2.15. The molecule has 0 aromatic heterocycles. The number of nitrogens with zero attached hydrogens (tertiary/aromatic N) is 1. The molecule has 1 aliphatic rings. The lowest BCUT2D eigenvalue weighted by atomic mass is 10.0. The maximum absolute atomic E-state index is 11.9. The van der Waals surface area contributed by atoms with Gasteiger partial charge in [0.25, 0.3) is 0 Å². The number of carbonyl (C=O) groups is 1. The highest BCUT2D eigenvalue weighted by Crippen LogP contribution is 2.30. The number of carbonyl (C=O) groups excluding carboxylic acids is 1. The standard InChI is InChI=1S/C20H32N4O3.HI/c1-4-27-17-10-9-16(14-18(17)26-3)24-20(21-2)23-12-11-22-19(25)13-15-7-5-6-8-15;/h9-10,14-15H,4-8,11-13H2,1-3H3,(H,22,25)(H2,21,23,24);1H. The van der Waals surface area contributed by atoms with E-state index in [1.807, 2.05) is 25.1 Å². The minimum atomic E-state index is 0. The Morgan fingerprint density at radius 2 is 1.89 bits per heavy atom. The van der Waals surface area contributed by atoms with Crippen LogP contribution in [0.5, 0.6) is 11.5 Å². The summed E-state index contributed by atoms with van der Waals surface area (Å²) in [5, 5.41) is 9.38. The molecule has 0 bridgehead atoms. The number of guanidine groups is 1. The van der Waals surface area contributed by atoms with Gasteiger partial charge in [-0.3, -0.25) is 9.79 Å². The summed E-state index contributed by atoms with van der Waals surface area (Å²) in [6, 6.07) is 5.63. The normalized spacial score (nSPS) is 14.2. The summed E-state index contributed by atoms with van der Waals surface area (Å²) in [7, 11) is 3.32. The third-order valence-corrected chi connectivity index (χ3v) is 4.64. The summed E-state index contributed by atoms with van der Waals surface area (Å²) in [6.07, 6.45) is 5.55. The number of methoxy groups -OCH3 is 1. The number of hydrogen-bond donors (Lipinski definition) is 3. The first kappa shape index (κ1) is 24.3. The van der Waals surface area contributed by atoms with Crippen LogP contribution in [0.15, 0.2) is 23.2 Å². The van der Waals surface area contributed by atoms with E-state index in [0.717, 1.165) is 5.69 Å². The van der Waals surface area contributed by atoms with Crippen molar-refractivity contribution in [3.63, 3.8) is 0 Å². The Kier molecular flexibility index (Phi) is 11.7. The van der Waals surface area contributed by atoms with Crippen molar-refractivity contribution >= 4 is 41.5 Å². The molecule has 0 heterocycles. The summed E-state index contributed by atoms with van der Waals surface area (Å²) in [6.45, 7) is 3.69. The molecule has 1 fully saturated rings. The van der Waals surface area contributed by atoms with Crippen molar-refractivity contribution in [3.05, 3.63) is 18.2 Å². The largest absolute Gasteiger partial charge is 0.493 e. The summed E-state index contributed by atoms with van der Waals surface area (Å²) in [5.74, 6) is 2.71. The van der Waals surface area contributed by atoms with E-state index in [2.05, 4.69) is 20.9 Å². The fourth-order valence-corrected chi connectivity index (χ4v) is 3.27. The average Bonchev–Trinajstić information content (AvgIpc) is 3.18. The van der Waals surface area contributed by atoms with Crippen molar-refractivity contribution in [2.24, 2.45) is 10.9 Å². The van der Waals surface area contributed by atoms with Gasteiger partial charge in [-0.25, -0.2) is 0 Å². The number of anilines is 1. The fourth-order valence-electron chi connectivity index (χ4n) is 3.27. The third-order valence-electron chi connectivity index (χ3n) is 4.64. The van der Waals surface area contributed by atoms with Gasteiger partial charge in [0.2, 0.25) is 5.91 Å². The van der Waals surface area contributed by atoms with E-state index in [4.69, 9.17) is 9.47 Å². The summed E-state index contributed by atoms with van der Waals surface area (Å²) in [5.41, 5.74) is 0.841. The third kappa shape index (κ3) is 8.12. The maximum Gasteiger partial charge on any atom is 0.220 e. The van der Waals surface area contributed by atoms with Crippen LogP contribution in [-0.4, -0.2) is 45.7 Å². The van der Waals surface area contributed by atoms with E-state index in [-0.39, 0.29) is 29.9 Å². The molecular weight excluding hydrogens is 471 g/mol. The molecule has 28 heavy (non-hydrogen) atoms. The van der Waals surface area contributed by atoms with E-state index < -0.39 is 0 Å². The molecule has 158 valence electrons. The number of rotatable bonds is 9. The molecule has 0 spiro atoms. The molecule has 0 unspecified atom stereocenters. The molecule has 1 saturated carbocycles. The van der Waals surface area contributed by atoms with Crippen molar-refractivity contribution < 1.29 is 14.3 Å². The zero-order valence-corrected chi connectivity index (χ0v) is 19.4. The summed E-state index contributed by atoms with van der Waals surface area (Å²) < 4.78 is 10.9. The monoisotopic (exact) mass is 504 g/mol. The number of benzene rings is 1. The van der Waals surface area contributed by atoms with Crippen LogP contribution in [-0.2, 0) is 4.79 Å². The number of hydrogen-bond acceptors (Lipinski definition) is 4. The molecule has 1 aromatic rings. The predicted molar refractivity (Wildman–Crippen MR) is 124 cm³/mol. The number of nitrogens with one attached hydrogen (secondary N) is 3. The first-order chi connectivity index (χ1) is 13.2. The number of aliphatic imine (C=N–C) groups is 1. The van der Waals surface area contributed by atoms with Crippen molar-refractivity contribution in [2.75, 3.05) is 39.2 Å². The van der Waals surface area contributed by atoms with Crippen LogP contribution in [0.4, 0.5) is 5.69 Å². The average molecular weight is 504 g/mol. The number of ether oxygens (including phenoxy) is 2. The molecule has 8 heteroatoms. The fraction of sp³-hybridized carbons (Fsp3) is 0.600. The first-order valence-corrected chi connectivity index (χ1v) is 9.71. The Bertz CT molecular complexity index is 634. The Labute approximate surface area is 185 Å². The lowest BCUT2D eigenvalue weighted by molar-refractivity contribution is -0.121. The highest BCUT2D eigenvalue weighted by atomic mass is 127. The van der Waals surface area contributed by atoms with Gasteiger partial charge in [0, 0.05) is 38.3 Å². The Morgan fingerprint density at radius 1 is 1.18 bits per heavy atom. The van der Waals surface area contributed by atoms with Gasteiger partial charge in [-0.2, -0.15) is 0 Å². The molecule has 0 saturated heterocycles. The second kappa shape index (κ2) is 13.5. The van der Waals surface area contributed by atoms with Crippen molar-refractivity contribution in [1.29, 1.82) is 0 Å². The maximum atomic E-state index is 11.9. The van der Waals surface area contributed by atoms with Crippen LogP contribution in [0, 0.1) is 5.92 Å². The number of amides is 1. The summed E-state index contributed by atoms with van der Waals surface area (Å²) in [4.78, 5) is 16.2. The highest BCUT2D eigenvalue weighted by Gasteiger charge is 2.17. The predicted octanol–water partition coefficient (Wildman–Crippen LogP) is 3.40. The van der Waals surface area contributed by atoms with Gasteiger partial charge in [0.1, 0.15) is 0 Å². The molecule has 1 aliphatic carbocycles. The van der Waals surface area contributed by atoms with Crippen LogP contribution in [0.25, 0.3) is 0 Å². The SMILES string of the molecule is CCOc1ccc(NC(=NC)NCCNC(=O)CC2CCCC2)cc1OC.I. The van der Waals surface area contributed by atoms with Crippen LogP contribution >= 0.6 is 24.0 Å². The van der Waals surface area contributed by atoms with E-state index in [0.29, 0.717) is 49.5 Å². The zero-order valence-electron chi connectivity index (χ0n) is 17.0. The van der Waals surface area contributed by atoms with Gasteiger partial charge in [-0.1, -0.05) is 12.8 Å². The Balaban J connectivity index is 0.00000392. The molecule has 0 aliphatic heterocycles. The summed E-state index contributed by atoms with van der Waals surface area (Å²) >= 11 is 0. The molecule has 2 rings (SSSR count). The van der Waals surface area contributed by atoms with E-state index in [9.17, 15) is 4.79 Å². The molecule has 3 N–H and O–H groups in total. The van der Waals surface area contributed by atoms with Crippen molar-refractivity contribution in [1.82, 2.24) is 10.6 Å². The van der Waals surface area contributed by atoms with Gasteiger partial charge in [0.05, 0.1) is 13.7 Å². The van der Waals surface area contributed by atoms with Gasteiger partial charge >= 0.3 is 0 Å². The van der Waals surface area contributed by atoms with Crippen LogP contribution in [0.2, 0.25) is 0 Å². The minimum Gasteiger partial charge on any atom is -0.493 e. The zero-order chi connectivity index (χ0) is 19.5. The van der Waals surface area contributed by atoms with E-state index >= 15 is 0 Å². The van der Waals surface area contributed by atoms with Gasteiger partial charge in [-0.15, -0.1) is 24.0 Å². The number of halogens is 1. The molecule has 1 aromatic carbocycles. The second-order valence-electron chi connectivity index (χ2n) is 6.63. The molecule has 0 atom stereocenters. The van der Waals surface area contributed by atoms with E-state index in [1.165, 1.54) is 25.7 Å². The quantitative estimate of drug-likeness (QED) is 0.208. The smallest absolute Gasteiger partial charge is 0.220 e. The van der Waals surface area contributed by atoms with Crippen molar-refractivity contribution in [3.8, 4) is 11.5 Å². The highest BCUT2D eigenvalue weighted by molar-refractivity contribution is 14.0. The first-order valence-electron chi connectivity index (χ1n) is 9.71. The molecule has 0 radical (unpaired) electrons. The minimum absolute atomic E-state index is 0.